The van der Waals surface area contributed by atoms with E-state index in [9.17, 15) is 14.4 Å². The lowest BCUT2D eigenvalue weighted by Gasteiger charge is -2.23. The van der Waals surface area contributed by atoms with Crippen molar-refractivity contribution in [1.82, 2.24) is 0 Å². The van der Waals surface area contributed by atoms with E-state index in [0.717, 1.165) is 4.90 Å². The third-order valence-electron chi connectivity index (χ3n) is 5.09. The maximum absolute atomic E-state index is 13.4. The molecule has 1 saturated heterocycles. The highest BCUT2D eigenvalue weighted by atomic mass is 35.5. The fourth-order valence-electron chi connectivity index (χ4n) is 3.70. The zero-order chi connectivity index (χ0) is 21.6. The van der Waals surface area contributed by atoms with Crippen molar-refractivity contribution in [2.24, 2.45) is 11.0 Å². The van der Waals surface area contributed by atoms with Crippen LogP contribution in [0.4, 0.5) is 11.4 Å². The number of hydrazone groups is 1. The number of amides is 2. The molecule has 0 spiro atoms. The van der Waals surface area contributed by atoms with E-state index in [1.807, 2.05) is 0 Å². The van der Waals surface area contributed by atoms with Gasteiger partial charge in [-0.3, -0.25) is 14.6 Å². The lowest BCUT2D eigenvalue weighted by molar-refractivity contribution is -0.136. The first kappa shape index (κ1) is 20.4. The minimum atomic E-state index is -1.09. The van der Waals surface area contributed by atoms with Crippen molar-refractivity contribution in [2.45, 2.75) is 19.9 Å². The normalized spacial score (nSPS) is 20.5. The van der Waals surface area contributed by atoms with Crippen molar-refractivity contribution in [3.63, 3.8) is 0 Å². The van der Waals surface area contributed by atoms with E-state index in [4.69, 9.17) is 27.9 Å². The average Bonchev–Trinajstić information content (AvgIpc) is 3.22. The Morgan fingerprint density at radius 3 is 2.57 bits per heavy atom. The molecule has 154 valence electrons. The SMILES string of the molecule is CCOC(=O)C1=NN(c2cccc(Cl)c2)[C@@H]2C(=O)N(c3cccc(Cl)c3C)C(=O)[C@H]12. The van der Waals surface area contributed by atoms with Gasteiger partial charge in [-0.15, -0.1) is 0 Å². The molecule has 2 aromatic rings. The number of anilines is 2. The van der Waals surface area contributed by atoms with Crippen molar-refractivity contribution in [2.75, 3.05) is 16.5 Å². The summed E-state index contributed by atoms with van der Waals surface area (Å²) < 4.78 is 5.08. The molecule has 30 heavy (non-hydrogen) atoms. The van der Waals surface area contributed by atoms with Gasteiger partial charge in [-0.05, 0) is 49.7 Å². The third-order valence-corrected chi connectivity index (χ3v) is 5.73. The second-order valence-electron chi connectivity index (χ2n) is 6.85. The molecule has 4 rings (SSSR count). The first-order valence-electron chi connectivity index (χ1n) is 9.28. The zero-order valence-electron chi connectivity index (χ0n) is 16.1. The Morgan fingerprint density at radius 1 is 1.13 bits per heavy atom. The molecule has 0 aliphatic carbocycles. The van der Waals surface area contributed by atoms with Gasteiger partial charge < -0.3 is 4.74 Å². The summed E-state index contributed by atoms with van der Waals surface area (Å²) in [5.74, 6) is -2.87. The first-order chi connectivity index (χ1) is 14.3. The third kappa shape index (κ3) is 3.14. The molecule has 2 aliphatic rings. The number of ether oxygens (including phenoxy) is 1. The van der Waals surface area contributed by atoms with Gasteiger partial charge in [0.05, 0.1) is 18.0 Å². The molecule has 2 amide bonds. The predicted molar refractivity (Wildman–Crippen MR) is 114 cm³/mol. The van der Waals surface area contributed by atoms with Gasteiger partial charge in [-0.1, -0.05) is 35.3 Å². The molecule has 2 heterocycles. The van der Waals surface area contributed by atoms with Gasteiger partial charge in [0.25, 0.3) is 5.91 Å². The minimum Gasteiger partial charge on any atom is -0.461 e. The van der Waals surface area contributed by atoms with Gasteiger partial charge in [0.2, 0.25) is 5.91 Å². The lowest BCUT2D eigenvalue weighted by Crippen LogP contribution is -2.39. The summed E-state index contributed by atoms with van der Waals surface area (Å²) in [6, 6.07) is 10.6. The van der Waals surface area contributed by atoms with Crippen LogP contribution in [0.3, 0.4) is 0 Å². The van der Waals surface area contributed by atoms with E-state index < -0.39 is 29.7 Å². The zero-order valence-corrected chi connectivity index (χ0v) is 17.6. The smallest absolute Gasteiger partial charge is 0.355 e. The van der Waals surface area contributed by atoms with Gasteiger partial charge in [0.1, 0.15) is 12.0 Å². The van der Waals surface area contributed by atoms with Crippen molar-refractivity contribution in [3.8, 4) is 0 Å². The maximum Gasteiger partial charge on any atom is 0.355 e. The molecule has 7 nitrogen and oxygen atoms in total. The number of imide groups is 1. The van der Waals surface area contributed by atoms with Crippen LogP contribution in [0, 0.1) is 12.8 Å². The summed E-state index contributed by atoms with van der Waals surface area (Å²) in [5, 5.41) is 6.52. The summed E-state index contributed by atoms with van der Waals surface area (Å²) in [6.07, 6.45) is 0. The Labute approximate surface area is 182 Å². The summed E-state index contributed by atoms with van der Waals surface area (Å²) in [6.45, 7) is 3.50. The van der Waals surface area contributed by atoms with E-state index in [-0.39, 0.29) is 12.3 Å². The molecule has 2 aliphatic heterocycles. The summed E-state index contributed by atoms with van der Waals surface area (Å²) in [7, 11) is 0. The van der Waals surface area contributed by atoms with Crippen molar-refractivity contribution >= 4 is 58.1 Å². The van der Waals surface area contributed by atoms with Gasteiger partial charge in [-0.2, -0.15) is 5.10 Å². The van der Waals surface area contributed by atoms with Crippen LogP contribution >= 0.6 is 23.2 Å². The molecule has 0 saturated carbocycles. The second-order valence-corrected chi connectivity index (χ2v) is 7.69. The topological polar surface area (TPSA) is 79.3 Å². The second kappa shape index (κ2) is 7.74. The Balaban J connectivity index is 1.83. The number of hydrogen-bond acceptors (Lipinski definition) is 6. The van der Waals surface area contributed by atoms with Crippen LogP contribution in [0.1, 0.15) is 12.5 Å². The van der Waals surface area contributed by atoms with Gasteiger partial charge in [0, 0.05) is 10.0 Å². The highest BCUT2D eigenvalue weighted by Crippen LogP contribution is 2.40. The van der Waals surface area contributed by atoms with Gasteiger partial charge >= 0.3 is 5.97 Å². The van der Waals surface area contributed by atoms with Gasteiger partial charge in [-0.25, -0.2) is 9.69 Å². The number of hydrogen-bond donors (Lipinski definition) is 0. The largest absolute Gasteiger partial charge is 0.461 e. The summed E-state index contributed by atoms with van der Waals surface area (Å²) in [5.41, 5.74) is 1.34. The fourth-order valence-corrected chi connectivity index (χ4v) is 4.05. The van der Waals surface area contributed by atoms with Crippen LogP contribution in [0.5, 0.6) is 0 Å². The number of benzene rings is 2. The molecule has 1 fully saturated rings. The van der Waals surface area contributed by atoms with Crippen molar-refractivity contribution in [1.29, 1.82) is 0 Å². The molecular weight excluding hydrogens is 429 g/mol. The fraction of sp³-hybridized carbons (Fsp3) is 0.238. The Kier molecular flexibility index (Phi) is 5.26. The lowest BCUT2D eigenvalue weighted by atomic mass is 9.97. The van der Waals surface area contributed by atoms with E-state index >= 15 is 0 Å². The summed E-state index contributed by atoms with van der Waals surface area (Å²) in [4.78, 5) is 40.4. The number of halogens is 2. The molecule has 0 bridgehead atoms. The standard InChI is InChI=1S/C21H17Cl2N3O4/c1-3-30-21(29)17-16-18(26(24-17)13-7-4-6-12(22)10-13)20(28)25(19(16)27)15-9-5-8-14(23)11(15)2/h4-10,16,18H,3H2,1-2H3/t16-,18+/m1/s1. The molecule has 0 radical (unpaired) electrons. The number of nitrogens with zero attached hydrogens (tertiary/aromatic N) is 3. The minimum absolute atomic E-state index is 0.109. The monoisotopic (exact) mass is 445 g/mol. The molecule has 2 atom stereocenters. The van der Waals surface area contributed by atoms with E-state index in [0.29, 0.717) is 27.0 Å². The number of fused-ring (bicyclic) bond motifs is 1. The number of rotatable bonds is 4. The van der Waals surface area contributed by atoms with Crippen LogP contribution in [0.25, 0.3) is 0 Å². The molecular formula is C21H17Cl2N3O4. The quantitative estimate of drug-likeness (QED) is 0.530. The Morgan fingerprint density at radius 2 is 1.87 bits per heavy atom. The van der Waals surface area contributed by atoms with E-state index in [2.05, 4.69) is 5.10 Å². The predicted octanol–water partition coefficient (Wildman–Crippen LogP) is 3.60. The molecule has 0 unspecified atom stereocenters. The number of carbonyl (C=O) groups is 3. The highest BCUT2D eigenvalue weighted by Gasteiger charge is 2.59. The van der Waals surface area contributed by atoms with Crippen LogP contribution in [0.15, 0.2) is 47.6 Å². The van der Waals surface area contributed by atoms with Crippen molar-refractivity contribution in [3.05, 3.63) is 58.1 Å². The van der Waals surface area contributed by atoms with E-state index in [1.165, 1.54) is 5.01 Å². The van der Waals surface area contributed by atoms with Crippen molar-refractivity contribution < 1.29 is 19.1 Å². The van der Waals surface area contributed by atoms with Crippen LogP contribution in [-0.2, 0) is 19.1 Å². The molecule has 0 N–H and O–H groups in total. The van der Waals surface area contributed by atoms with Crippen LogP contribution < -0.4 is 9.91 Å². The number of esters is 1. The highest BCUT2D eigenvalue weighted by molar-refractivity contribution is 6.47. The number of carbonyl (C=O) groups excluding carboxylic acids is 3. The maximum atomic E-state index is 13.4. The Bertz CT molecular complexity index is 1100. The summed E-state index contributed by atoms with van der Waals surface area (Å²) >= 11 is 12.3. The first-order valence-corrected chi connectivity index (χ1v) is 10.0. The molecule has 9 heteroatoms. The van der Waals surface area contributed by atoms with Crippen LogP contribution in [-0.4, -0.2) is 36.1 Å². The Hall–Kier alpha value is -2.90. The van der Waals surface area contributed by atoms with E-state index in [1.54, 1.807) is 56.3 Å². The molecule has 2 aromatic carbocycles. The average molecular weight is 446 g/mol. The van der Waals surface area contributed by atoms with Gasteiger partial charge in [0.15, 0.2) is 5.71 Å². The van der Waals surface area contributed by atoms with Crippen LogP contribution in [0.2, 0.25) is 10.0 Å². The molecule has 0 aromatic heterocycles.